The average molecular weight is 541 g/mol. The number of likely N-dealkylation sites (N-methyl/N-ethyl adjacent to an activating group) is 1. The number of ether oxygens (including phenoxy) is 2. The molecule has 4 N–H and O–H groups in total. The Hall–Kier alpha value is -4.08. The van der Waals surface area contributed by atoms with Crippen LogP contribution in [-0.4, -0.2) is 54.0 Å². The summed E-state index contributed by atoms with van der Waals surface area (Å²) in [7, 11) is 1.55. The highest BCUT2D eigenvalue weighted by Gasteiger charge is 2.35. The van der Waals surface area contributed by atoms with Crippen LogP contribution in [0.2, 0.25) is 0 Å². The van der Waals surface area contributed by atoms with Gasteiger partial charge >= 0.3 is 6.09 Å². The highest BCUT2D eigenvalue weighted by molar-refractivity contribution is 5.99. The number of rotatable bonds is 12. The van der Waals surface area contributed by atoms with Gasteiger partial charge in [-0.1, -0.05) is 31.2 Å². The number of methoxy groups -OCH3 is 1. The number of amides is 4. The lowest BCUT2D eigenvalue weighted by atomic mass is 9.99. The molecule has 0 fully saturated rings. The molecule has 0 aliphatic carbocycles. The molecule has 2 rings (SSSR count). The third-order valence-electron chi connectivity index (χ3n) is 5.91. The van der Waals surface area contributed by atoms with Crippen LogP contribution >= 0.6 is 0 Å². The van der Waals surface area contributed by atoms with Crippen LogP contribution in [0, 0.1) is 0 Å². The predicted molar refractivity (Wildman–Crippen MR) is 149 cm³/mol. The van der Waals surface area contributed by atoms with Gasteiger partial charge in [0.2, 0.25) is 11.8 Å². The van der Waals surface area contributed by atoms with E-state index in [2.05, 4.69) is 10.6 Å². The number of alkyl carbamates (subject to hydrolysis) is 1. The van der Waals surface area contributed by atoms with Crippen molar-refractivity contribution >= 4 is 29.5 Å². The molecule has 2 aromatic carbocycles. The van der Waals surface area contributed by atoms with Crippen LogP contribution in [0.4, 0.5) is 10.5 Å². The summed E-state index contributed by atoms with van der Waals surface area (Å²) in [6.07, 6.45) is -0.190. The van der Waals surface area contributed by atoms with E-state index in [4.69, 9.17) is 15.2 Å². The van der Waals surface area contributed by atoms with Gasteiger partial charge in [-0.05, 0) is 75.9 Å². The molecule has 0 aliphatic heterocycles. The summed E-state index contributed by atoms with van der Waals surface area (Å²) >= 11 is 0. The van der Waals surface area contributed by atoms with E-state index < -0.39 is 41.5 Å². The lowest BCUT2D eigenvalue weighted by Gasteiger charge is -2.33. The van der Waals surface area contributed by atoms with Crippen LogP contribution in [0.25, 0.3) is 0 Å². The Kier molecular flexibility index (Phi) is 11.3. The van der Waals surface area contributed by atoms with E-state index in [1.165, 1.54) is 4.90 Å². The molecule has 39 heavy (non-hydrogen) atoms. The Labute approximate surface area is 230 Å². The highest BCUT2D eigenvalue weighted by atomic mass is 16.6. The second-order valence-corrected chi connectivity index (χ2v) is 10.0. The van der Waals surface area contributed by atoms with Gasteiger partial charge in [-0.3, -0.25) is 14.4 Å². The Morgan fingerprint density at radius 3 is 2.08 bits per heavy atom. The maximum Gasteiger partial charge on any atom is 0.408 e. The van der Waals surface area contributed by atoms with Crippen LogP contribution in [0.15, 0.2) is 48.5 Å². The maximum absolute atomic E-state index is 13.9. The topological polar surface area (TPSA) is 140 Å². The molecule has 10 nitrogen and oxygen atoms in total. The van der Waals surface area contributed by atoms with E-state index in [9.17, 15) is 19.2 Å². The summed E-state index contributed by atoms with van der Waals surface area (Å²) in [6, 6.07) is 12.1. The number of nitrogens with zero attached hydrogens (tertiary/aromatic N) is 1. The first-order valence-electron chi connectivity index (χ1n) is 13.0. The SMILES string of the molecule is CCc1ccc(C(C(=O)Nc2ccc(OC)cc2)N(CC)C(=O)C(CCC(N)=O)NC(=O)OC(C)(C)C)cc1. The summed E-state index contributed by atoms with van der Waals surface area (Å²) in [4.78, 5) is 53.0. The predicted octanol–water partition coefficient (Wildman–Crippen LogP) is 3.94. The van der Waals surface area contributed by atoms with Gasteiger partial charge in [-0.15, -0.1) is 0 Å². The maximum atomic E-state index is 13.9. The van der Waals surface area contributed by atoms with E-state index in [0.29, 0.717) is 17.0 Å². The Bertz CT molecular complexity index is 1130. The largest absolute Gasteiger partial charge is 0.497 e. The lowest BCUT2D eigenvalue weighted by molar-refractivity contribution is -0.140. The minimum absolute atomic E-state index is 0.0501. The second kappa shape index (κ2) is 14.2. The normalized spacial score (nSPS) is 12.6. The van der Waals surface area contributed by atoms with Crippen LogP contribution < -0.4 is 21.1 Å². The smallest absolute Gasteiger partial charge is 0.408 e. The Balaban J connectivity index is 2.45. The van der Waals surface area contributed by atoms with Gasteiger partial charge < -0.3 is 30.7 Å². The molecule has 0 saturated heterocycles. The fourth-order valence-electron chi connectivity index (χ4n) is 3.95. The fourth-order valence-corrected chi connectivity index (χ4v) is 3.95. The molecule has 2 unspecified atom stereocenters. The zero-order valence-corrected chi connectivity index (χ0v) is 23.6. The molecule has 0 saturated carbocycles. The van der Waals surface area contributed by atoms with Crippen molar-refractivity contribution in [1.29, 1.82) is 0 Å². The molecule has 212 valence electrons. The molecule has 0 bridgehead atoms. The number of hydrogen-bond acceptors (Lipinski definition) is 6. The molecular formula is C29H40N4O6. The first-order chi connectivity index (χ1) is 18.4. The zero-order chi connectivity index (χ0) is 29.2. The minimum Gasteiger partial charge on any atom is -0.497 e. The van der Waals surface area contributed by atoms with Crippen molar-refractivity contribution in [3.8, 4) is 5.75 Å². The summed E-state index contributed by atoms with van der Waals surface area (Å²) in [5.41, 5.74) is 6.73. The van der Waals surface area contributed by atoms with Crippen LogP contribution in [0.3, 0.4) is 0 Å². The standard InChI is InChI=1S/C29H40N4O6/c1-7-19-9-11-20(12-10-19)25(26(35)31-21-13-15-22(38-6)16-14-21)33(8-2)27(36)23(17-18-24(30)34)32-28(37)39-29(3,4)5/h9-16,23,25H,7-8,17-18H2,1-6H3,(H2,30,34)(H,31,35)(H,32,37). The molecule has 2 atom stereocenters. The third kappa shape index (κ3) is 9.63. The number of carbonyl (C=O) groups excluding carboxylic acids is 4. The second-order valence-electron chi connectivity index (χ2n) is 10.0. The Morgan fingerprint density at radius 1 is 0.974 bits per heavy atom. The van der Waals surface area contributed by atoms with Gasteiger partial charge in [0, 0.05) is 18.7 Å². The quantitative estimate of drug-likeness (QED) is 0.372. The number of hydrogen-bond donors (Lipinski definition) is 3. The minimum atomic E-state index is -1.14. The van der Waals surface area contributed by atoms with Crippen molar-refractivity contribution in [3.05, 3.63) is 59.7 Å². The van der Waals surface area contributed by atoms with Crippen molar-refractivity contribution in [3.63, 3.8) is 0 Å². The van der Waals surface area contributed by atoms with E-state index in [1.54, 1.807) is 59.1 Å². The number of carbonyl (C=O) groups is 4. The van der Waals surface area contributed by atoms with Crippen molar-refractivity contribution in [1.82, 2.24) is 10.2 Å². The first-order valence-corrected chi connectivity index (χ1v) is 13.0. The third-order valence-corrected chi connectivity index (χ3v) is 5.91. The van der Waals surface area contributed by atoms with Crippen LogP contribution in [-0.2, 0) is 25.5 Å². The molecule has 2 aromatic rings. The van der Waals surface area contributed by atoms with E-state index in [-0.39, 0.29) is 19.4 Å². The lowest BCUT2D eigenvalue weighted by Crippen LogP contribution is -2.52. The molecule has 0 aromatic heterocycles. The monoisotopic (exact) mass is 540 g/mol. The molecule has 10 heteroatoms. The van der Waals surface area contributed by atoms with Crippen molar-refractivity contribution in [2.45, 2.75) is 71.6 Å². The summed E-state index contributed by atoms with van der Waals surface area (Å²) in [5.74, 6) is -0.967. The molecule has 0 radical (unpaired) electrons. The van der Waals surface area contributed by atoms with Crippen molar-refractivity contribution in [2.24, 2.45) is 5.73 Å². The Morgan fingerprint density at radius 2 is 1.59 bits per heavy atom. The van der Waals surface area contributed by atoms with E-state index >= 15 is 0 Å². The molecule has 0 aliphatic rings. The number of benzene rings is 2. The van der Waals surface area contributed by atoms with Gasteiger partial charge in [-0.2, -0.15) is 0 Å². The number of anilines is 1. The molecule has 0 heterocycles. The van der Waals surface area contributed by atoms with Gasteiger partial charge in [0.1, 0.15) is 23.4 Å². The molecule has 4 amide bonds. The van der Waals surface area contributed by atoms with Gasteiger partial charge in [-0.25, -0.2) is 4.79 Å². The first kappa shape index (κ1) is 31.1. The molecule has 0 spiro atoms. The molecular weight excluding hydrogens is 500 g/mol. The van der Waals surface area contributed by atoms with Gasteiger partial charge in [0.05, 0.1) is 7.11 Å². The number of primary amides is 1. The van der Waals surface area contributed by atoms with Crippen molar-refractivity contribution in [2.75, 3.05) is 19.0 Å². The number of nitrogens with two attached hydrogens (primary N) is 1. The highest BCUT2D eigenvalue weighted by Crippen LogP contribution is 2.26. The summed E-state index contributed by atoms with van der Waals surface area (Å²) in [5, 5.41) is 5.44. The zero-order valence-electron chi connectivity index (χ0n) is 23.6. The van der Waals surface area contributed by atoms with Crippen molar-refractivity contribution < 1.29 is 28.7 Å². The fraction of sp³-hybridized carbons (Fsp3) is 0.448. The number of nitrogens with one attached hydrogen (secondary N) is 2. The summed E-state index contributed by atoms with van der Waals surface area (Å²) < 4.78 is 10.5. The van der Waals surface area contributed by atoms with Gasteiger partial charge in [0.25, 0.3) is 5.91 Å². The van der Waals surface area contributed by atoms with Crippen LogP contribution in [0.5, 0.6) is 5.75 Å². The average Bonchev–Trinajstić information content (AvgIpc) is 2.88. The summed E-state index contributed by atoms with van der Waals surface area (Å²) in [6.45, 7) is 9.01. The number of aryl methyl sites for hydroxylation is 1. The van der Waals surface area contributed by atoms with E-state index in [0.717, 1.165) is 12.0 Å². The van der Waals surface area contributed by atoms with Crippen LogP contribution in [0.1, 0.15) is 64.6 Å². The van der Waals surface area contributed by atoms with E-state index in [1.807, 2.05) is 31.2 Å². The van der Waals surface area contributed by atoms with Gasteiger partial charge in [0.15, 0.2) is 0 Å².